The van der Waals surface area contributed by atoms with E-state index in [1.54, 1.807) is 13.4 Å². The number of aryl methyl sites for hydroxylation is 2. The predicted octanol–water partition coefficient (Wildman–Crippen LogP) is 5.05. The number of carbonyl (C=O) groups excluding carboxylic acids is 1. The maximum absolute atomic E-state index is 13.2. The summed E-state index contributed by atoms with van der Waals surface area (Å²) in [7, 11) is 3.52. The molecule has 2 atom stereocenters. The van der Waals surface area contributed by atoms with Gasteiger partial charge < -0.3 is 18.8 Å². The van der Waals surface area contributed by atoms with E-state index in [1.165, 1.54) is 17.0 Å². The van der Waals surface area contributed by atoms with Crippen LogP contribution in [0.4, 0.5) is 13.2 Å². The van der Waals surface area contributed by atoms with Gasteiger partial charge in [-0.2, -0.15) is 13.2 Å². The second kappa shape index (κ2) is 10.6. The average Bonchev–Trinajstić information content (AvgIpc) is 3.49. The van der Waals surface area contributed by atoms with Crippen molar-refractivity contribution in [1.29, 1.82) is 0 Å². The normalized spacial score (nSPS) is 17.8. The summed E-state index contributed by atoms with van der Waals surface area (Å²) in [5.41, 5.74) is 1.87. The zero-order chi connectivity index (χ0) is 27.7. The molecule has 3 heterocycles. The first-order valence-electron chi connectivity index (χ1n) is 12.6. The zero-order valence-electron chi connectivity index (χ0n) is 21.9. The van der Waals surface area contributed by atoms with Crippen LogP contribution in [0.3, 0.4) is 0 Å². The summed E-state index contributed by atoms with van der Waals surface area (Å²) in [5, 5.41) is 9.05. The summed E-state index contributed by atoms with van der Waals surface area (Å²) in [6.45, 7) is 2.79. The summed E-state index contributed by atoms with van der Waals surface area (Å²) in [4.78, 5) is 19.1. The number of carbonyl (C=O) groups is 1. The van der Waals surface area contributed by atoms with Crippen molar-refractivity contribution in [2.75, 3.05) is 13.7 Å². The highest BCUT2D eigenvalue weighted by Crippen LogP contribution is 2.34. The summed E-state index contributed by atoms with van der Waals surface area (Å²) >= 11 is 0. The molecule has 1 amide bonds. The Hall–Kier alpha value is -3.99. The Bertz CT molecular complexity index is 1440. The van der Waals surface area contributed by atoms with Crippen LogP contribution in [0.2, 0.25) is 0 Å². The van der Waals surface area contributed by atoms with Gasteiger partial charge in [-0.05, 0) is 37.1 Å². The lowest BCUT2D eigenvalue weighted by Crippen LogP contribution is -2.42. The predicted molar refractivity (Wildman–Crippen MR) is 138 cm³/mol. The number of amides is 1. The Morgan fingerprint density at radius 3 is 2.59 bits per heavy atom. The van der Waals surface area contributed by atoms with Crippen molar-refractivity contribution in [1.82, 2.24) is 29.2 Å². The number of aromatic nitrogens is 5. The van der Waals surface area contributed by atoms with Gasteiger partial charge in [0, 0.05) is 38.7 Å². The summed E-state index contributed by atoms with van der Waals surface area (Å²) < 4.78 is 49.7. The molecule has 2 aromatic carbocycles. The molecule has 0 N–H and O–H groups in total. The number of halogens is 3. The Morgan fingerprint density at radius 1 is 1.13 bits per heavy atom. The maximum Gasteiger partial charge on any atom is 0.416 e. The third kappa shape index (κ3) is 5.44. The number of alkyl halides is 3. The number of rotatable bonds is 6. The first-order valence-corrected chi connectivity index (χ1v) is 12.6. The molecule has 0 spiro atoms. The molecule has 4 aromatic rings. The topological polar surface area (TPSA) is 78.1 Å². The highest BCUT2D eigenvalue weighted by Gasteiger charge is 2.35. The number of hydrogen-bond donors (Lipinski definition) is 0. The van der Waals surface area contributed by atoms with Crippen molar-refractivity contribution >= 4 is 5.91 Å². The first-order chi connectivity index (χ1) is 18.6. The van der Waals surface area contributed by atoms with Gasteiger partial charge in [-0.15, -0.1) is 10.2 Å². The molecule has 11 heteroatoms. The van der Waals surface area contributed by atoms with Gasteiger partial charge >= 0.3 is 6.18 Å². The van der Waals surface area contributed by atoms with Crippen molar-refractivity contribution < 1.29 is 22.7 Å². The van der Waals surface area contributed by atoms with E-state index in [4.69, 9.17) is 4.74 Å². The van der Waals surface area contributed by atoms with Crippen molar-refractivity contribution in [3.63, 3.8) is 0 Å². The van der Waals surface area contributed by atoms with Crippen LogP contribution in [0.1, 0.15) is 51.9 Å². The lowest BCUT2D eigenvalue weighted by Gasteiger charge is -2.35. The van der Waals surface area contributed by atoms with Crippen LogP contribution < -0.4 is 0 Å². The summed E-state index contributed by atoms with van der Waals surface area (Å²) in [5.74, 6) is 0.813. The molecule has 0 bridgehead atoms. The molecule has 0 radical (unpaired) electrons. The minimum atomic E-state index is -4.52. The van der Waals surface area contributed by atoms with Crippen LogP contribution in [-0.4, -0.2) is 54.8 Å². The fraction of sp³-hybridized carbons (Fsp3) is 0.357. The Labute approximate surface area is 224 Å². The molecule has 2 aromatic heterocycles. The minimum absolute atomic E-state index is 0.00317. The monoisotopic (exact) mass is 538 g/mol. The molecule has 1 aliphatic rings. The van der Waals surface area contributed by atoms with Gasteiger partial charge in [-0.25, -0.2) is 4.98 Å². The molecule has 0 unspecified atom stereocenters. The lowest BCUT2D eigenvalue weighted by atomic mass is 10.00. The van der Waals surface area contributed by atoms with Crippen LogP contribution in [-0.2, 0) is 24.5 Å². The minimum Gasteiger partial charge on any atom is -0.370 e. The fourth-order valence-electron chi connectivity index (χ4n) is 5.03. The zero-order valence-corrected chi connectivity index (χ0v) is 21.9. The van der Waals surface area contributed by atoms with Gasteiger partial charge in [0.15, 0.2) is 11.6 Å². The van der Waals surface area contributed by atoms with E-state index >= 15 is 0 Å². The van der Waals surface area contributed by atoms with E-state index in [1.807, 2.05) is 53.4 Å². The van der Waals surface area contributed by atoms with Crippen molar-refractivity contribution in [3.05, 3.63) is 89.1 Å². The van der Waals surface area contributed by atoms with Gasteiger partial charge in [-0.3, -0.25) is 4.79 Å². The van der Waals surface area contributed by atoms with E-state index in [2.05, 4.69) is 15.2 Å². The standard InChI is InChI=1S/C28H29F3N6O2/c1-18-24(35(2)17-32-18)26-34-33-25(37(26)16-19-8-5-4-6-9-19)23-15-22(12-13-39-23)36(3)27(38)20-10-7-11-21(14-20)28(29,30)31/h4-11,14,17,22-23H,12-13,15-16H2,1-3H3/t22-,23+/m1/s1. The summed E-state index contributed by atoms with van der Waals surface area (Å²) in [6.07, 6.45) is -2.27. The Balaban J connectivity index is 1.43. The largest absolute Gasteiger partial charge is 0.416 e. The van der Waals surface area contributed by atoms with Gasteiger partial charge in [0.2, 0.25) is 0 Å². The van der Waals surface area contributed by atoms with Crippen molar-refractivity contribution in [2.45, 2.75) is 44.6 Å². The number of ether oxygens (including phenoxy) is 1. The first kappa shape index (κ1) is 26.6. The Kier molecular flexibility index (Phi) is 7.26. The molecule has 1 saturated heterocycles. The van der Waals surface area contributed by atoms with Crippen molar-refractivity contribution in [2.24, 2.45) is 7.05 Å². The number of hydrogen-bond acceptors (Lipinski definition) is 5. The molecule has 1 fully saturated rings. The quantitative estimate of drug-likeness (QED) is 0.344. The molecule has 0 saturated carbocycles. The maximum atomic E-state index is 13.2. The second-order valence-corrected chi connectivity index (χ2v) is 9.78. The smallest absolute Gasteiger partial charge is 0.370 e. The summed E-state index contributed by atoms with van der Waals surface area (Å²) in [6, 6.07) is 14.2. The molecule has 5 rings (SSSR count). The highest BCUT2D eigenvalue weighted by atomic mass is 19.4. The molecule has 1 aliphatic heterocycles. The van der Waals surface area contributed by atoms with E-state index in [9.17, 15) is 18.0 Å². The van der Waals surface area contributed by atoms with E-state index in [0.717, 1.165) is 29.1 Å². The molecule has 204 valence electrons. The van der Waals surface area contributed by atoms with Gasteiger partial charge in [0.1, 0.15) is 11.8 Å². The number of benzene rings is 2. The average molecular weight is 539 g/mol. The van der Waals surface area contributed by atoms with Crippen molar-refractivity contribution in [3.8, 4) is 11.5 Å². The van der Waals surface area contributed by atoms with E-state index in [-0.39, 0.29) is 11.6 Å². The highest BCUT2D eigenvalue weighted by molar-refractivity contribution is 5.94. The van der Waals surface area contributed by atoms with Gasteiger partial charge in [-0.1, -0.05) is 36.4 Å². The molecule has 0 aliphatic carbocycles. The lowest BCUT2D eigenvalue weighted by molar-refractivity contribution is -0.137. The number of imidazole rings is 1. The second-order valence-electron chi connectivity index (χ2n) is 9.78. The molecule has 39 heavy (non-hydrogen) atoms. The van der Waals surface area contributed by atoms with E-state index < -0.39 is 23.8 Å². The van der Waals surface area contributed by atoms with Crippen LogP contribution in [0, 0.1) is 6.92 Å². The third-order valence-corrected chi connectivity index (χ3v) is 7.14. The molecule has 8 nitrogen and oxygen atoms in total. The SMILES string of the molecule is Cc1ncn(C)c1-c1nnc([C@@H]2C[C@H](N(C)C(=O)c3cccc(C(F)(F)F)c3)CCO2)n1Cc1ccccc1. The molecular weight excluding hydrogens is 509 g/mol. The van der Waals surface area contributed by atoms with Crippen LogP contribution in [0.5, 0.6) is 0 Å². The van der Waals surface area contributed by atoms with Gasteiger partial charge in [0.25, 0.3) is 5.91 Å². The van der Waals surface area contributed by atoms with Crippen LogP contribution in [0.25, 0.3) is 11.5 Å². The fourth-order valence-corrected chi connectivity index (χ4v) is 5.03. The Morgan fingerprint density at radius 2 is 1.90 bits per heavy atom. The van der Waals surface area contributed by atoms with Crippen LogP contribution in [0.15, 0.2) is 60.9 Å². The van der Waals surface area contributed by atoms with Crippen LogP contribution >= 0.6 is 0 Å². The number of nitrogens with zero attached hydrogens (tertiary/aromatic N) is 6. The van der Waals surface area contributed by atoms with Gasteiger partial charge in [0.05, 0.1) is 24.1 Å². The third-order valence-electron chi connectivity index (χ3n) is 7.14. The molecular formula is C28H29F3N6O2. The van der Waals surface area contributed by atoms with E-state index in [0.29, 0.717) is 37.6 Å².